The molecule has 8 heteroatoms. The maximum Gasteiger partial charge on any atom is 0.205 e. The van der Waals surface area contributed by atoms with Crippen molar-refractivity contribution in [1.29, 1.82) is 21.3 Å². The second kappa shape index (κ2) is 7.81. The lowest BCUT2D eigenvalue weighted by molar-refractivity contribution is 0.396. The zero-order valence-corrected chi connectivity index (χ0v) is 19.2. The maximum absolute atomic E-state index is 9.97. The van der Waals surface area contributed by atoms with E-state index in [1.165, 1.54) is 22.7 Å². The van der Waals surface area contributed by atoms with Crippen LogP contribution in [0.3, 0.4) is 0 Å². The minimum absolute atomic E-state index is 0.145. The van der Waals surface area contributed by atoms with Gasteiger partial charge in [0.15, 0.2) is 11.5 Å². The molecule has 0 saturated carbocycles. The van der Waals surface area contributed by atoms with Crippen molar-refractivity contribution < 1.29 is 9.47 Å². The van der Waals surface area contributed by atoms with Crippen molar-refractivity contribution in [3.63, 3.8) is 0 Å². The molecule has 164 valence electrons. The van der Waals surface area contributed by atoms with Crippen LogP contribution < -0.4 is 9.47 Å². The number of ether oxygens (including phenoxy) is 2. The summed E-state index contributed by atoms with van der Waals surface area (Å²) in [6.45, 7) is 0. The summed E-state index contributed by atoms with van der Waals surface area (Å²) in [5.41, 5.74) is 3.43. The quantitative estimate of drug-likeness (QED) is 0.353. The van der Waals surface area contributed by atoms with Gasteiger partial charge in [-0.3, -0.25) is 10.8 Å². The molecular weight excluding hydrogens is 464 g/mol. The molecular formula is C26H16N4O2S2. The normalized spacial score (nSPS) is 23.2. The Bertz CT molecular complexity index is 1430. The lowest BCUT2D eigenvalue weighted by Gasteiger charge is -2.37. The van der Waals surface area contributed by atoms with E-state index >= 15 is 0 Å². The highest BCUT2D eigenvalue weighted by molar-refractivity contribution is 7.08. The van der Waals surface area contributed by atoms with E-state index < -0.39 is 23.7 Å². The third kappa shape index (κ3) is 2.83. The fraction of sp³-hybridized carbons (Fsp3) is 0.154. The van der Waals surface area contributed by atoms with Crippen LogP contribution in [0.5, 0.6) is 11.5 Å². The Kier molecular flexibility index (Phi) is 4.73. The third-order valence-electron chi connectivity index (χ3n) is 6.56. The number of nitrogens with zero attached hydrogens (tertiary/aromatic N) is 2. The second-order valence-corrected chi connectivity index (χ2v) is 9.81. The SMILES string of the molecule is N#CC1C(=N)Oc2c3c(c4ccccc4c2C1c1ccsc1)C(c1ccsc1)C(C#N)C(=N)O3. The molecule has 6 rings (SSSR count). The van der Waals surface area contributed by atoms with E-state index in [1.807, 2.05) is 57.9 Å². The summed E-state index contributed by atoms with van der Waals surface area (Å²) in [6.07, 6.45) is 0. The summed E-state index contributed by atoms with van der Waals surface area (Å²) in [4.78, 5) is 0. The molecule has 0 fully saturated rings. The topological polar surface area (TPSA) is 114 Å². The van der Waals surface area contributed by atoms with Crippen LogP contribution in [0.2, 0.25) is 0 Å². The number of nitriles is 2. The van der Waals surface area contributed by atoms with Crippen molar-refractivity contribution in [1.82, 2.24) is 0 Å². The summed E-state index contributed by atoms with van der Waals surface area (Å²) in [7, 11) is 0. The van der Waals surface area contributed by atoms with Gasteiger partial charge in [-0.25, -0.2) is 0 Å². The van der Waals surface area contributed by atoms with Gasteiger partial charge in [-0.2, -0.15) is 33.2 Å². The standard InChI is InChI=1S/C26H16N4O2S2/c27-9-17-19(13-5-7-33-11-13)21-15-3-1-2-4-16(15)22-20(14-6-8-34-12-14)18(10-28)26(30)32-24(22)23(21)31-25(17)29/h1-8,11-12,17-20,29-30H. The Morgan fingerprint density at radius 1 is 0.706 bits per heavy atom. The van der Waals surface area contributed by atoms with Crippen LogP contribution in [0.1, 0.15) is 34.1 Å². The van der Waals surface area contributed by atoms with Gasteiger partial charge in [0.2, 0.25) is 11.8 Å². The molecule has 34 heavy (non-hydrogen) atoms. The molecule has 6 nitrogen and oxygen atoms in total. The van der Waals surface area contributed by atoms with E-state index in [4.69, 9.17) is 20.3 Å². The number of benzene rings is 2. The lowest BCUT2D eigenvalue weighted by atomic mass is 9.73. The molecule has 2 aliphatic rings. The Hall–Kier alpha value is -3.98. The van der Waals surface area contributed by atoms with Crippen LogP contribution in [0.4, 0.5) is 0 Å². The van der Waals surface area contributed by atoms with E-state index in [0.29, 0.717) is 11.5 Å². The van der Waals surface area contributed by atoms with Gasteiger partial charge in [0.1, 0.15) is 11.8 Å². The van der Waals surface area contributed by atoms with Crippen molar-refractivity contribution in [2.24, 2.45) is 11.8 Å². The van der Waals surface area contributed by atoms with Crippen LogP contribution in [-0.4, -0.2) is 11.8 Å². The Morgan fingerprint density at radius 3 is 1.50 bits per heavy atom. The molecule has 4 heterocycles. The molecule has 0 amide bonds. The fourth-order valence-electron chi connectivity index (χ4n) is 5.13. The lowest BCUT2D eigenvalue weighted by Crippen LogP contribution is -2.35. The van der Waals surface area contributed by atoms with Gasteiger partial charge in [0, 0.05) is 23.0 Å². The molecule has 4 unspecified atom stereocenters. The Balaban J connectivity index is 1.75. The molecule has 4 atom stereocenters. The number of thiophene rings is 2. The van der Waals surface area contributed by atoms with Gasteiger partial charge >= 0.3 is 0 Å². The van der Waals surface area contributed by atoms with Gasteiger partial charge in [0.25, 0.3) is 0 Å². The summed E-state index contributed by atoms with van der Waals surface area (Å²) < 4.78 is 12.0. The van der Waals surface area contributed by atoms with Gasteiger partial charge in [-0.1, -0.05) is 24.3 Å². The van der Waals surface area contributed by atoms with Crippen LogP contribution in [0, 0.1) is 45.3 Å². The van der Waals surface area contributed by atoms with E-state index in [9.17, 15) is 10.5 Å². The Labute approximate surface area is 203 Å². The van der Waals surface area contributed by atoms with Gasteiger partial charge < -0.3 is 9.47 Å². The molecule has 4 aromatic rings. The van der Waals surface area contributed by atoms with E-state index in [2.05, 4.69) is 12.1 Å². The highest BCUT2D eigenvalue weighted by Gasteiger charge is 2.46. The minimum Gasteiger partial charge on any atom is -0.438 e. The molecule has 0 bridgehead atoms. The summed E-state index contributed by atoms with van der Waals surface area (Å²) in [5.74, 6) is -1.95. The van der Waals surface area contributed by atoms with Crippen LogP contribution in [0.25, 0.3) is 10.8 Å². The van der Waals surface area contributed by atoms with E-state index in [-0.39, 0.29) is 11.8 Å². The second-order valence-electron chi connectivity index (χ2n) is 8.25. The van der Waals surface area contributed by atoms with Crippen molar-refractivity contribution >= 4 is 45.2 Å². The molecule has 0 aliphatic carbocycles. The van der Waals surface area contributed by atoms with Gasteiger partial charge in [0.05, 0.1) is 12.1 Å². The molecule has 2 N–H and O–H groups in total. The predicted octanol–water partition coefficient (Wildman–Crippen LogP) is 6.25. The number of hydrogen-bond donors (Lipinski definition) is 2. The van der Waals surface area contributed by atoms with E-state index in [0.717, 1.165) is 33.0 Å². The average Bonchev–Trinajstić information content (AvgIpc) is 3.57. The highest BCUT2D eigenvalue weighted by atomic mass is 32.1. The fourth-order valence-corrected chi connectivity index (χ4v) is 6.53. The first kappa shape index (κ1) is 20.6. The van der Waals surface area contributed by atoms with Gasteiger partial charge in [-0.05, 0) is 55.6 Å². The zero-order valence-electron chi connectivity index (χ0n) is 17.6. The largest absolute Gasteiger partial charge is 0.438 e. The first-order valence-electron chi connectivity index (χ1n) is 10.6. The third-order valence-corrected chi connectivity index (χ3v) is 7.97. The number of nitrogens with one attached hydrogen (secondary N) is 2. The molecule has 0 saturated heterocycles. The summed E-state index contributed by atoms with van der Waals surface area (Å²) in [6, 6.07) is 16.3. The van der Waals surface area contributed by atoms with Crippen LogP contribution in [0.15, 0.2) is 57.9 Å². The number of fused-ring (bicyclic) bond motifs is 6. The number of rotatable bonds is 2. The smallest absolute Gasteiger partial charge is 0.205 e. The first-order valence-corrected chi connectivity index (χ1v) is 12.5. The molecule has 0 radical (unpaired) electrons. The summed E-state index contributed by atoms with van der Waals surface area (Å²) >= 11 is 3.07. The van der Waals surface area contributed by atoms with Crippen LogP contribution >= 0.6 is 22.7 Å². The zero-order chi connectivity index (χ0) is 23.4. The van der Waals surface area contributed by atoms with Crippen molar-refractivity contribution in [2.45, 2.75) is 11.8 Å². The van der Waals surface area contributed by atoms with Gasteiger partial charge in [-0.15, -0.1) is 0 Å². The molecule has 2 aromatic heterocycles. The van der Waals surface area contributed by atoms with Crippen molar-refractivity contribution in [2.75, 3.05) is 0 Å². The minimum atomic E-state index is -0.786. The summed E-state index contributed by atoms with van der Waals surface area (Å²) in [5, 5.41) is 46.7. The molecule has 2 aliphatic heterocycles. The van der Waals surface area contributed by atoms with Crippen molar-refractivity contribution in [3.05, 3.63) is 80.2 Å². The predicted molar refractivity (Wildman–Crippen MR) is 131 cm³/mol. The first-order chi connectivity index (χ1) is 16.6. The number of hydrogen-bond acceptors (Lipinski definition) is 8. The molecule has 2 aromatic carbocycles. The van der Waals surface area contributed by atoms with Crippen LogP contribution in [-0.2, 0) is 0 Å². The Morgan fingerprint density at radius 2 is 1.15 bits per heavy atom. The molecule has 0 spiro atoms. The highest BCUT2D eigenvalue weighted by Crippen LogP contribution is 2.57. The van der Waals surface area contributed by atoms with Crippen molar-refractivity contribution in [3.8, 4) is 23.6 Å². The van der Waals surface area contributed by atoms with E-state index in [1.54, 1.807) is 0 Å². The monoisotopic (exact) mass is 480 g/mol. The maximum atomic E-state index is 9.97. The average molecular weight is 481 g/mol.